The second-order valence-electron chi connectivity index (χ2n) is 11.3. The molecule has 2 aromatic carbocycles. The number of rotatable bonds is 7. The summed E-state index contributed by atoms with van der Waals surface area (Å²) in [6.45, 7) is 3.94. The zero-order chi connectivity index (χ0) is 28.2. The van der Waals surface area contributed by atoms with Crippen LogP contribution in [-0.2, 0) is 27.5 Å². The molecule has 8 nitrogen and oxygen atoms in total. The van der Waals surface area contributed by atoms with E-state index >= 15 is 0 Å². The minimum absolute atomic E-state index is 0.0194. The summed E-state index contributed by atoms with van der Waals surface area (Å²) in [6.07, 6.45) is 8.70. The highest BCUT2D eigenvalue weighted by molar-refractivity contribution is 5.92. The van der Waals surface area contributed by atoms with E-state index in [1.807, 2.05) is 41.3 Å². The number of nitrogens with zero attached hydrogens (tertiary/aromatic N) is 2. The van der Waals surface area contributed by atoms with Crippen LogP contribution in [0.2, 0.25) is 0 Å². The van der Waals surface area contributed by atoms with Gasteiger partial charge in [0.1, 0.15) is 5.58 Å². The van der Waals surface area contributed by atoms with Gasteiger partial charge in [-0.1, -0.05) is 42.8 Å². The van der Waals surface area contributed by atoms with Crippen molar-refractivity contribution in [2.45, 2.75) is 70.0 Å². The van der Waals surface area contributed by atoms with Crippen LogP contribution in [0.5, 0.6) is 0 Å². The van der Waals surface area contributed by atoms with Crippen LogP contribution in [0.4, 0.5) is 0 Å². The topological polar surface area (TPSA) is 92.5 Å². The zero-order valence-corrected chi connectivity index (χ0v) is 23.4. The number of piperidine rings is 2. The van der Waals surface area contributed by atoms with Gasteiger partial charge in [0, 0.05) is 37.0 Å². The Morgan fingerprint density at radius 2 is 1.68 bits per heavy atom. The number of benzene rings is 2. The van der Waals surface area contributed by atoms with Crippen LogP contribution in [-0.4, -0.2) is 59.3 Å². The normalized spacial score (nSPS) is 22.4. The maximum atomic E-state index is 13.7. The van der Waals surface area contributed by atoms with Crippen molar-refractivity contribution < 1.29 is 23.8 Å². The molecule has 0 spiro atoms. The molecular weight excluding hydrogens is 520 g/mol. The van der Waals surface area contributed by atoms with E-state index in [9.17, 15) is 14.7 Å². The molecule has 8 heteroatoms. The molecule has 1 amide bonds. The summed E-state index contributed by atoms with van der Waals surface area (Å²) in [5.41, 5.74) is 2.66. The van der Waals surface area contributed by atoms with E-state index in [1.165, 1.54) is 25.5 Å². The van der Waals surface area contributed by atoms with Crippen molar-refractivity contribution in [2.24, 2.45) is 0 Å². The van der Waals surface area contributed by atoms with Crippen LogP contribution in [0.15, 0.2) is 75.8 Å². The van der Waals surface area contributed by atoms with E-state index < -0.39 is 12.2 Å². The van der Waals surface area contributed by atoms with E-state index in [-0.39, 0.29) is 30.3 Å². The minimum atomic E-state index is -0.710. The Labute approximate surface area is 240 Å². The maximum Gasteiger partial charge on any atom is 0.288 e. The van der Waals surface area contributed by atoms with E-state index in [1.54, 1.807) is 18.2 Å². The molecule has 2 unspecified atom stereocenters. The van der Waals surface area contributed by atoms with Crippen LogP contribution in [0.3, 0.4) is 0 Å². The number of para-hydroxylation sites is 1. The predicted molar refractivity (Wildman–Crippen MR) is 155 cm³/mol. The number of amides is 1. The van der Waals surface area contributed by atoms with Crippen molar-refractivity contribution in [1.82, 2.24) is 9.80 Å². The second kappa shape index (κ2) is 12.6. The average molecular weight is 559 g/mol. The molecule has 6 rings (SSSR count). The molecule has 1 N–H and O–H groups in total. The Morgan fingerprint density at radius 1 is 0.951 bits per heavy atom. The van der Waals surface area contributed by atoms with Crippen molar-refractivity contribution in [1.29, 1.82) is 0 Å². The molecule has 2 saturated heterocycles. The fourth-order valence-corrected chi connectivity index (χ4v) is 6.28. The van der Waals surface area contributed by atoms with Gasteiger partial charge in [-0.05, 0) is 68.1 Å². The summed E-state index contributed by atoms with van der Waals surface area (Å²) in [7, 11) is 0. The Morgan fingerprint density at radius 3 is 2.44 bits per heavy atom. The van der Waals surface area contributed by atoms with Crippen LogP contribution in [0.1, 0.15) is 61.1 Å². The first-order valence-electron chi connectivity index (χ1n) is 14.8. The molecule has 0 radical (unpaired) electrons. The van der Waals surface area contributed by atoms with E-state index in [2.05, 4.69) is 4.90 Å². The molecule has 3 aromatic rings. The highest BCUT2D eigenvalue weighted by Crippen LogP contribution is 2.33. The number of carbonyl (C=O) groups excluding carboxylic acids is 1. The number of likely N-dealkylation sites (tertiary alicyclic amines) is 2. The lowest BCUT2D eigenvalue weighted by molar-refractivity contribution is -0.157. The van der Waals surface area contributed by atoms with Crippen molar-refractivity contribution in [3.8, 4) is 0 Å². The van der Waals surface area contributed by atoms with E-state index in [4.69, 9.17) is 13.9 Å². The highest BCUT2D eigenvalue weighted by atomic mass is 16.7. The molecule has 216 valence electrons. The Balaban J connectivity index is 1.21. The predicted octanol–water partition coefficient (Wildman–Crippen LogP) is 4.69. The van der Waals surface area contributed by atoms with Gasteiger partial charge in [0.15, 0.2) is 11.2 Å². The van der Waals surface area contributed by atoms with Crippen LogP contribution in [0, 0.1) is 0 Å². The van der Waals surface area contributed by atoms with Crippen molar-refractivity contribution in [2.75, 3.05) is 26.2 Å². The standard InChI is InChI=1S/C33H38N2O6/c36-20-23-8-10-24(11-9-23)21-40-31-19-25(28-22-39-29-7-3-2-6-27(29)32(28)37)18-30(41-31)33(38)35-16-12-26(13-17-35)34-14-4-1-5-15-34/h2-3,6-11,18,22,25-26,31,36H,1,4-5,12-17,19-21H2. The summed E-state index contributed by atoms with van der Waals surface area (Å²) < 4.78 is 18.1. The Hall–Kier alpha value is -3.46. The summed E-state index contributed by atoms with van der Waals surface area (Å²) in [5, 5.41) is 9.84. The van der Waals surface area contributed by atoms with Gasteiger partial charge in [0.05, 0.1) is 24.9 Å². The van der Waals surface area contributed by atoms with Gasteiger partial charge in [-0.2, -0.15) is 0 Å². The average Bonchev–Trinajstić information content (AvgIpc) is 3.04. The summed E-state index contributed by atoms with van der Waals surface area (Å²) in [6, 6.07) is 15.2. The fraction of sp³-hybridized carbons (Fsp3) is 0.455. The molecule has 4 heterocycles. The first kappa shape index (κ1) is 27.7. The number of aliphatic hydroxyl groups excluding tert-OH is 1. The molecule has 3 aliphatic rings. The molecule has 0 saturated carbocycles. The smallest absolute Gasteiger partial charge is 0.288 e. The van der Waals surface area contributed by atoms with Gasteiger partial charge < -0.3 is 28.8 Å². The van der Waals surface area contributed by atoms with Gasteiger partial charge >= 0.3 is 0 Å². The molecule has 2 fully saturated rings. The molecule has 0 bridgehead atoms. The molecule has 3 aliphatic heterocycles. The SMILES string of the molecule is O=C(C1=CC(c2coc3ccccc3c2=O)CC(OCc2ccc(CO)cc2)O1)N1CCC(N2CCCCC2)CC1. The summed E-state index contributed by atoms with van der Waals surface area (Å²) >= 11 is 0. The molecular formula is C33H38N2O6. The van der Waals surface area contributed by atoms with E-state index in [0.717, 1.165) is 37.1 Å². The van der Waals surface area contributed by atoms with Crippen LogP contribution >= 0.6 is 0 Å². The maximum absolute atomic E-state index is 13.7. The van der Waals surface area contributed by atoms with Gasteiger partial charge in [-0.15, -0.1) is 0 Å². The Bertz CT molecular complexity index is 1430. The van der Waals surface area contributed by atoms with Crippen molar-refractivity contribution in [3.05, 3.63) is 93.5 Å². The number of carbonyl (C=O) groups is 1. The van der Waals surface area contributed by atoms with Crippen molar-refractivity contribution >= 4 is 16.9 Å². The monoisotopic (exact) mass is 558 g/mol. The number of hydrogen-bond donors (Lipinski definition) is 1. The molecule has 1 aromatic heterocycles. The third-order valence-electron chi connectivity index (χ3n) is 8.67. The minimum Gasteiger partial charge on any atom is -0.464 e. The first-order valence-corrected chi connectivity index (χ1v) is 14.8. The second-order valence-corrected chi connectivity index (χ2v) is 11.3. The lowest BCUT2D eigenvalue weighted by Crippen LogP contribution is -2.49. The van der Waals surface area contributed by atoms with Gasteiger partial charge in [-0.3, -0.25) is 9.59 Å². The summed E-state index contributed by atoms with van der Waals surface area (Å²) in [5.74, 6) is -0.320. The number of hydrogen-bond acceptors (Lipinski definition) is 7. The molecule has 41 heavy (non-hydrogen) atoms. The molecule has 0 aliphatic carbocycles. The molecule has 2 atom stereocenters. The number of allylic oxidation sites excluding steroid dienone is 1. The largest absolute Gasteiger partial charge is 0.464 e. The third-order valence-corrected chi connectivity index (χ3v) is 8.67. The third kappa shape index (κ3) is 6.25. The highest BCUT2D eigenvalue weighted by Gasteiger charge is 2.34. The number of aliphatic hydroxyl groups is 1. The van der Waals surface area contributed by atoms with E-state index in [0.29, 0.717) is 42.1 Å². The lowest BCUT2D eigenvalue weighted by Gasteiger charge is -2.40. The lowest BCUT2D eigenvalue weighted by atomic mass is 9.93. The fourth-order valence-electron chi connectivity index (χ4n) is 6.28. The Kier molecular flexibility index (Phi) is 8.51. The van der Waals surface area contributed by atoms with Crippen LogP contribution < -0.4 is 5.43 Å². The van der Waals surface area contributed by atoms with Gasteiger partial charge in [0.2, 0.25) is 6.29 Å². The first-order chi connectivity index (χ1) is 20.1. The quantitative estimate of drug-likeness (QED) is 0.450. The van der Waals surface area contributed by atoms with Gasteiger partial charge in [-0.25, -0.2) is 0 Å². The van der Waals surface area contributed by atoms with Crippen molar-refractivity contribution in [3.63, 3.8) is 0 Å². The number of fused-ring (bicyclic) bond motifs is 1. The zero-order valence-electron chi connectivity index (χ0n) is 23.4. The van der Waals surface area contributed by atoms with Crippen LogP contribution in [0.25, 0.3) is 11.0 Å². The summed E-state index contributed by atoms with van der Waals surface area (Å²) in [4.78, 5) is 31.7. The number of ether oxygens (including phenoxy) is 2. The van der Waals surface area contributed by atoms with Gasteiger partial charge in [0.25, 0.3) is 5.91 Å².